The van der Waals surface area contributed by atoms with E-state index in [0.29, 0.717) is 24.2 Å². The third kappa shape index (κ3) is 3.90. The number of aromatic nitrogens is 1. The molecule has 0 saturated carbocycles. The van der Waals surface area contributed by atoms with Gasteiger partial charge in [-0.1, -0.05) is 42.5 Å². The van der Waals surface area contributed by atoms with E-state index in [1.165, 1.54) is 7.11 Å². The third-order valence-corrected chi connectivity index (χ3v) is 5.39. The number of carbonyl (C=O) groups is 2. The summed E-state index contributed by atoms with van der Waals surface area (Å²) in [7, 11) is 1.35. The van der Waals surface area contributed by atoms with Crippen molar-refractivity contribution in [2.75, 3.05) is 20.2 Å². The van der Waals surface area contributed by atoms with Crippen LogP contribution in [0.25, 0.3) is 11.1 Å². The van der Waals surface area contributed by atoms with Crippen molar-refractivity contribution in [2.24, 2.45) is 0 Å². The lowest BCUT2D eigenvalue weighted by molar-refractivity contribution is 0.0601. The maximum Gasteiger partial charge on any atom is 0.338 e. The Balaban J connectivity index is 1.60. The van der Waals surface area contributed by atoms with Crippen LogP contribution in [0, 0.1) is 0 Å². The molecule has 0 N–H and O–H groups in total. The Hall–Kier alpha value is -3.47. The van der Waals surface area contributed by atoms with E-state index in [2.05, 4.69) is 11.1 Å². The zero-order valence-electron chi connectivity index (χ0n) is 16.2. The van der Waals surface area contributed by atoms with Gasteiger partial charge >= 0.3 is 5.97 Å². The summed E-state index contributed by atoms with van der Waals surface area (Å²) in [5.41, 5.74) is 3.70. The van der Waals surface area contributed by atoms with Crippen molar-refractivity contribution in [1.82, 2.24) is 9.88 Å². The summed E-state index contributed by atoms with van der Waals surface area (Å²) in [5.74, 6) is -0.231. The van der Waals surface area contributed by atoms with Crippen LogP contribution in [0.1, 0.15) is 38.6 Å². The fraction of sp³-hybridized carbons (Fsp3) is 0.208. The molecule has 0 spiro atoms. The second kappa shape index (κ2) is 8.27. The summed E-state index contributed by atoms with van der Waals surface area (Å²) in [4.78, 5) is 31.5. The van der Waals surface area contributed by atoms with Crippen LogP contribution in [0.15, 0.2) is 73.1 Å². The number of rotatable bonds is 4. The SMILES string of the molecule is COC(=O)c1cc(C(=O)N2CCC(c3cccnc3)C2)ccc1-c1ccccc1. The van der Waals surface area contributed by atoms with Crippen molar-refractivity contribution >= 4 is 11.9 Å². The monoisotopic (exact) mass is 386 g/mol. The molecule has 1 unspecified atom stereocenters. The van der Waals surface area contributed by atoms with Crippen LogP contribution in [0.2, 0.25) is 0 Å². The second-order valence-electron chi connectivity index (χ2n) is 7.14. The van der Waals surface area contributed by atoms with Crippen molar-refractivity contribution in [2.45, 2.75) is 12.3 Å². The number of esters is 1. The molecule has 1 aliphatic rings. The van der Waals surface area contributed by atoms with Crippen molar-refractivity contribution < 1.29 is 14.3 Å². The Kier molecular flexibility index (Phi) is 5.38. The van der Waals surface area contributed by atoms with Gasteiger partial charge < -0.3 is 9.64 Å². The highest BCUT2D eigenvalue weighted by Gasteiger charge is 2.29. The number of ether oxygens (including phenoxy) is 1. The number of hydrogen-bond donors (Lipinski definition) is 0. The number of amides is 1. The van der Waals surface area contributed by atoms with Gasteiger partial charge in [0.25, 0.3) is 5.91 Å². The number of carbonyl (C=O) groups excluding carboxylic acids is 2. The molecule has 3 aromatic rings. The number of likely N-dealkylation sites (tertiary alicyclic amines) is 1. The van der Waals surface area contributed by atoms with E-state index in [4.69, 9.17) is 4.74 Å². The molecule has 1 saturated heterocycles. The molecular weight excluding hydrogens is 364 g/mol. The van der Waals surface area contributed by atoms with Crippen LogP contribution in [0.4, 0.5) is 0 Å². The van der Waals surface area contributed by atoms with Crippen LogP contribution in [0.5, 0.6) is 0 Å². The summed E-state index contributed by atoms with van der Waals surface area (Å²) in [6.07, 6.45) is 4.52. The minimum atomic E-state index is -0.451. The molecule has 5 heteroatoms. The summed E-state index contributed by atoms with van der Waals surface area (Å²) >= 11 is 0. The molecule has 0 bridgehead atoms. The first-order chi connectivity index (χ1) is 14.2. The summed E-state index contributed by atoms with van der Waals surface area (Å²) in [6.45, 7) is 1.34. The van der Waals surface area contributed by atoms with Gasteiger partial charge in [0.15, 0.2) is 0 Å². The van der Waals surface area contributed by atoms with E-state index in [-0.39, 0.29) is 11.8 Å². The molecule has 1 fully saturated rings. The minimum absolute atomic E-state index is 0.0684. The average molecular weight is 386 g/mol. The van der Waals surface area contributed by atoms with E-state index in [9.17, 15) is 9.59 Å². The first-order valence-electron chi connectivity index (χ1n) is 9.64. The van der Waals surface area contributed by atoms with Gasteiger partial charge in [0.05, 0.1) is 12.7 Å². The molecule has 1 aromatic heterocycles. The molecule has 146 valence electrons. The Morgan fingerprint density at radius 1 is 1.07 bits per heavy atom. The van der Waals surface area contributed by atoms with Gasteiger partial charge in [-0.15, -0.1) is 0 Å². The Morgan fingerprint density at radius 2 is 1.90 bits per heavy atom. The fourth-order valence-electron chi connectivity index (χ4n) is 3.84. The van der Waals surface area contributed by atoms with Crippen LogP contribution in [-0.2, 0) is 4.74 Å². The largest absolute Gasteiger partial charge is 0.465 e. The average Bonchev–Trinajstić information content (AvgIpc) is 3.29. The van der Waals surface area contributed by atoms with E-state index in [1.54, 1.807) is 18.3 Å². The second-order valence-corrected chi connectivity index (χ2v) is 7.14. The minimum Gasteiger partial charge on any atom is -0.465 e. The third-order valence-electron chi connectivity index (χ3n) is 5.39. The topological polar surface area (TPSA) is 59.5 Å². The van der Waals surface area contributed by atoms with Crippen LogP contribution < -0.4 is 0 Å². The summed E-state index contributed by atoms with van der Waals surface area (Å²) in [6, 6.07) is 18.8. The number of methoxy groups -OCH3 is 1. The van der Waals surface area contributed by atoms with Crippen LogP contribution in [-0.4, -0.2) is 42.0 Å². The maximum absolute atomic E-state index is 13.1. The lowest BCUT2D eigenvalue weighted by Crippen LogP contribution is -2.28. The van der Waals surface area contributed by atoms with Crippen molar-refractivity contribution in [3.8, 4) is 11.1 Å². The molecular formula is C24H22N2O3. The van der Waals surface area contributed by atoms with Crippen molar-refractivity contribution in [3.05, 3.63) is 89.7 Å². The fourth-order valence-corrected chi connectivity index (χ4v) is 3.84. The highest BCUT2D eigenvalue weighted by atomic mass is 16.5. The molecule has 2 aromatic carbocycles. The van der Waals surface area contributed by atoms with Gasteiger partial charge in [-0.05, 0) is 41.3 Å². The highest BCUT2D eigenvalue weighted by molar-refractivity contribution is 6.02. The number of benzene rings is 2. The van der Waals surface area contributed by atoms with E-state index >= 15 is 0 Å². The van der Waals surface area contributed by atoms with Gasteiger partial charge in [0, 0.05) is 37.0 Å². The predicted octanol–water partition coefficient (Wildman–Crippen LogP) is 4.16. The van der Waals surface area contributed by atoms with E-state index in [0.717, 1.165) is 23.1 Å². The molecule has 4 rings (SSSR count). The van der Waals surface area contributed by atoms with Gasteiger partial charge in [-0.2, -0.15) is 0 Å². The molecule has 1 aliphatic heterocycles. The van der Waals surface area contributed by atoms with Gasteiger partial charge in [-0.3, -0.25) is 9.78 Å². The summed E-state index contributed by atoms with van der Waals surface area (Å²) < 4.78 is 4.96. The number of nitrogens with zero attached hydrogens (tertiary/aromatic N) is 2. The number of pyridine rings is 1. The Morgan fingerprint density at radius 3 is 2.62 bits per heavy atom. The first kappa shape index (κ1) is 18.9. The molecule has 1 atom stereocenters. The summed E-state index contributed by atoms with van der Waals surface area (Å²) in [5, 5.41) is 0. The zero-order chi connectivity index (χ0) is 20.2. The highest BCUT2D eigenvalue weighted by Crippen LogP contribution is 2.29. The molecule has 0 radical (unpaired) electrons. The lowest BCUT2D eigenvalue weighted by atomic mass is 9.97. The maximum atomic E-state index is 13.1. The normalized spacial score (nSPS) is 15.9. The molecule has 0 aliphatic carbocycles. The van der Waals surface area contributed by atoms with Crippen LogP contribution >= 0.6 is 0 Å². The predicted molar refractivity (Wildman–Crippen MR) is 111 cm³/mol. The van der Waals surface area contributed by atoms with Crippen LogP contribution in [0.3, 0.4) is 0 Å². The van der Waals surface area contributed by atoms with E-state index in [1.807, 2.05) is 53.6 Å². The quantitative estimate of drug-likeness (QED) is 0.632. The Labute approximate surface area is 170 Å². The zero-order valence-corrected chi connectivity index (χ0v) is 16.2. The molecule has 29 heavy (non-hydrogen) atoms. The lowest BCUT2D eigenvalue weighted by Gasteiger charge is -2.18. The first-order valence-corrected chi connectivity index (χ1v) is 9.64. The molecule has 2 heterocycles. The molecule has 1 amide bonds. The van der Waals surface area contributed by atoms with Gasteiger partial charge in [-0.25, -0.2) is 4.79 Å². The van der Waals surface area contributed by atoms with Gasteiger partial charge in [0.1, 0.15) is 0 Å². The van der Waals surface area contributed by atoms with Crippen molar-refractivity contribution in [3.63, 3.8) is 0 Å². The standard InChI is InChI=1S/C24H22N2O3/c1-29-24(28)22-14-18(9-10-21(22)17-6-3-2-4-7-17)23(27)26-13-11-20(16-26)19-8-5-12-25-15-19/h2-10,12,14-15,20H,11,13,16H2,1H3. The molecule has 5 nitrogen and oxygen atoms in total. The van der Waals surface area contributed by atoms with E-state index < -0.39 is 5.97 Å². The number of hydrogen-bond acceptors (Lipinski definition) is 4. The van der Waals surface area contributed by atoms with Gasteiger partial charge in [0.2, 0.25) is 0 Å². The smallest absolute Gasteiger partial charge is 0.338 e. The van der Waals surface area contributed by atoms with Crippen molar-refractivity contribution in [1.29, 1.82) is 0 Å². The Bertz CT molecular complexity index is 1020.